The minimum atomic E-state index is -1.24. The molecule has 0 heterocycles. The lowest BCUT2D eigenvalue weighted by atomic mass is 10.1. The molecule has 1 N–H and O–H groups in total. The Balaban J connectivity index is 2.20. The van der Waals surface area contributed by atoms with Gasteiger partial charge in [-0.1, -0.05) is 29.8 Å². The van der Waals surface area contributed by atoms with E-state index in [0.717, 1.165) is 12.7 Å². The highest BCUT2D eigenvalue weighted by Crippen LogP contribution is 2.23. The number of anilines is 1. The summed E-state index contributed by atoms with van der Waals surface area (Å²) in [5, 5.41) is 3.27. The first-order valence-electron chi connectivity index (χ1n) is 6.08. The highest BCUT2D eigenvalue weighted by atomic mass is 35.5. The first-order chi connectivity index (χ1) is 10.0. The van der Waals surface area contributed by atoms with Gasteiger partial charge in [-0.25, -0.2) is 13.6 Å². The van der Waals surface area contributed by atoms with Gasteiger partial charge in [0.1, 0.15) is 0 Å². The Bertz CT molecular complexity index is 677. The molecule has 3 nitrogen and oxygen atoms in total. The summed E-state index contributed by atoms with van der Waals surface area (Å²) in [5.41, 5.74) is 0.245. The van der Waals surface area contributed by atoms with Crippen LogP contribution in [0.25, 0.3) is 0 Å². The molecule has 0 amide bonds. The maximum absolute atomic E-state index is 13.9. The molecule has 2 aromatic carbocycles. The van der Waals surface area contributed by atoms with E-state index in [1.807, 2.05) is 0 Å². The van der Waals surface area contributed by atoms with Crippen LogP contribution in [0, 0.1) is 11.6 Å². The molecule has 0 atom stereocenters. The molecular formula is C15H12ClF2NO2. The molecular weight excluding hydrogens is 300 g/mol. The van der Waals surface area contributed by atoms with Crippen molar-refractivity contribution < 1.29 is 18.3 Å². The maximum Gasteiger partial charge on any atom is 0.340 e. The van der Waals surface area contributed by atoms with Crippen molar-refractivity contribution in [2.45, 2.75) is 6.54 Å². The van der Waals surface area contributed by atoms with Gasteiger partial charge < -0.3 is 10.1 Å². The Labute approximate surface area is 125 Å². The smallest absolute Gasteiger partial charge is 0.340 e. The topological polar surface area (TPSA) is 38.3 Å². The quantitative estimate of drug-likeness (QED) is 0.867. The summed E-state index contributed by atoms with van der Waals surface area (Å²) < 4.78 is 32.0. The average Bonchev–Trinajstić information content (AvgIpc) is 2.49. The van der Waals surface area contributed by atoms with Crippen LogP contribution in [-0.4, -0.2) is 13.1 Å². The number of hydrogen-bond acceptors (Lipinski definition) is 3. The number of carbonyl (C=O) groups is 1. The number of carbonyl (C=O) groups excluding carboxylic acids is 1. The van der Waals surface area contributed by atoms with Crippen molar-refractivity contribution >= 4 is 23.3 Å². The molecule has 110 valence electrons. The summed E-state index contributed by atoms with van der Waals surface area (Å²) in [6, 6.07) is 9.49. The van der Waals surface area contributed by atoms with Crippen molar-refractivity contribution in [3.8, 4) is 0 Å². The van der Waals surface area contributed by atoms with Crippen LogP contribution in [0.1, 0.15) is 15.9 Å². The van der Waals surface area contributed by atoms with Crippen LogP contribution in [0.5, 0.6) is 0 Å². The number of rotatable bonds is 4. The zero-order valence-corrected chi connectivity index (χ0v) is 11.9. The second kappa shape index (κ2) is 6.54. The highest BCUT2D eigenvalue weighted by Gasteiger charge is 2.19. The van der Waals surface area contributed by atoms with E-state index in [0.29, 0.717) is 5.02 Å². The van der Waals surface area contributed by atoms with Gasteiger partial charge in [0, 0.05) is 11.6 Å². The van der Waals surface area contributed by atoms with Crippen molar-refractivity contribution in [2.24, 2.45) is 0 Å². The van der Waals surface area contributed by atoms with Gasteiger partial charge in [0.05, 0.1) is 18.4 Å². The van der Waals surface area contributed by atoms with Crippen LogP contribution >= 0.6 is 11.6 Å². The van der Waals surface area contributed by atoms with Crippen molar-refractivity contribution in [1.82, 2.24) is 0 Å². The van der Waals surface area contributed by atoms with E-state index in [1.165, 1.54) is 12.1 Å². The number of ether oxygens (including phenoxy) is 1. The SMILES string of the molecule is COC(=O)c1ccc(NCc2ccccc2Cl)c(F)c1F. The van der Waals surface area contributed by atoms with Gasteiger partial charge in [-0.3, -0.25) is 0 Å². The molecule has 6 heteroatoms. The minimum Gasteiger partial charge on any atom is -0.465 e. The summed E-state index contributed by atoms with van der Waals surface area (Å²) in [4.78, 5) is 11.3. The lowest BCUT2D eigenvalue weighted by molar-refractivity contribution is 0.0594. The first kappa shape index (κ1) is 15.3. The minimum absolute atomic E-state index is 0.0555. The zero-order chi connectivity index (χ0) is 15.4. The Hall–Kier alpha value is -2.14. The molecule has 0 aliphatic rings. The summed E-state index contributed by atoms with van der Waals surface area (Å²) in [6.45, 7) is 0.230. The summed E-state index contributed by atoms with van der Waals surface area (Å²) in [6.07, 6.45) is 0. The third-order valence-corrected chi connectivity index (χ3v) is 3.28. The van der Waals surface area contributed by atoms with Crippen LogP contribution in [0.15, 0.2) is 36.4 Å². The number of esters is 1. The Morgan fingerprint density at radius 3 is 2.57 bits per heavy atom. The maximum atomic E-state index is 13.9. The molecule has 0 spiro atoms. The van der Waals surface area contributed by atoms with E-state index in [1.54, 1.807) is 24.3 Å². The molecule has 0 aliphatic carbocycles. The van der Waals surface area contributed by atoms with Crippen LogP contribution in [0.2, 0.25) is 5.02 Å². The molecule has 2 rings (SSSR count). The second-order valence-electron chi connectivity index (χ2n) is 4.23. The largest absolute Gasteiger partial charge is 0.465 e. The van der Waals surface area contributed by atoms with Crippen molar-refractivity contribution in [3.05, 3.63) is 64.2 Å². The van der Waals surface area contributed by atoms with Crippen LogP contribution in [0.3, 0.4) is 0 Å². The zero-order valence-electron chi connectivity index (χ0n) is 11.1. The van der Waals surface area contributed by atoms with Gasteiger partial charge in [-0.2, -0.15) is 0 Å². The molecule has 0 saturated carbocycles. The molecule has 0 aromatic heterocycles. The van der Waals surface area contributed by atoms with Gasteiger partial charge in [-0.15, -0.1) is 0 Å². The molecule has 21 heavy (non-hydrogen) atoms. The molecule has 0 saturated heterocycles. The molecule has 0 bridgehead atoms. The molecule has 0 fully saturated rings. The Morgan fingerprint density at radius 2 is 1.90 bits per heavy atom. The van der Waals surface area contributed by atoms with Crippen molar-refractivity contribution in [2.75, 3.05) is 12.4 Å². The van der Waals surface area contributed by atoms with Crippen molar-refractivity contribution in [1.29, 1.82) is 0 Å². The summed E-state index contributed by atoms with van der Waals surface area (Å²) >= 11 is 5.98. The number of halogens is 3. The number of methoxy groups -OCH3 is 1. The van der Waals surface area contributed by atoms with Gasteiger partial charge in [0.15, 0.2) is 11.6 Å². The number of benzene rings is 2. The molecule has 2 aromatic rings. The van der Waals surface area contributed by atoms with E-state index >= 15 is 0 Å². The van der Waals surface area contributed by atoms with Crippen LogP contribution in [-0.2, 0) is 11.3 Å². The van der Waals surface area contributed by atoms with Gasteiger partial charge >= 0.3 is 5.97 Å². The molecule has 0 unspecified atom stereocenters. The fourth-order valence-electron chi connectivity index (χ4n) is 1.79. The van der Waals surface area contributed by atoms with E-state index in [2.05, 4.69) is 10.1 Å². The van der Waals surface area contributed by atoms with E-state index in [9.17, 15) is 13.6 Å². The standard InChI is InChI=1S/C15H12ClF2NO2/c1-21-15(20)10-6-7-12(14(18)13(10)17)19-8-9-4-2-3-5-11(9)16/h2-7,19H,8H2,1H3. The summed E-state index contributed by atoms with van der Waals surface area (Å²) in [7, 11) is 1.10. The lowest BCUT2D eigenvalue weighted by Gasteiger charge is -2.11. The second-order valence-corrected chi connectivity index (χ2v) is 4.63. The third kappa shape index (κ3) is 3.31. The monoisotopic (exact) mass is 311 g/mol. The van der Waals surface area contributed by atoms with E-state index < -0.39 is 23.2 Å². The van der Waals surface area contributed by atoms with Crippen LogP contribution < -0.4 is 5.32 Å². The average molecular weight is 312 g/mol. The molecule has 0 aliphatic heterocycles. The Kier molecular flexibility index (Phi) is 4.75. The third-order valence-electron chi connectivity index (χ3n) is 2.91. The Morgan fingerprint density at radius 1 is 1.19 bits per heavy atom. The summed E-state index contributed by atoms with van der Waals surface area (Å²) in [5.74, 6) is -3.31. The van der Waals surface area contributed by atoms with Gasteiger partial charge in [0.25, 0.3) is 0 Å². The molecule has 0 radical (unpaired) electrons. The van der Waals surface area contributed by atoms with Gasteiger partial charge in [0.2, 0.25) is 0 Å². The van der Waals surface area contributed by atoms with E-state index in [4.69, 9.17) is 11.6 Å². The number of hydrogen-bond donors (Lipinski definition) is 1. The van der Waals surface area contributed by atoms with Crippen molar-refractivity contribution in [3.63, 3.8) is 0 Å². The first-order valence-corrected chi connectivity index (χ1v) is 6.46. The van der Waals surface area contributed by atoms with Crippen LogP contribution in [0.4, 0.5) is 14.5 Å². The van der Waals surface area contributed by atoms with Gasteiger partial charge in [-0.05, 0) is 23.8 Å². The predicted octanol–water partition coefficient (Wildman–Crippen LogP) is 4.02. The fourth-order valence-corrected chi connectivity index (χ4v) is 1.99. The lowest BCUT2D eigenvalue weighted by Crippen LogP contribution is -2.09. The number of nitrogens with one attached hydrogen (secondary N) is 1. The normalized spacial score (nSPS) is 10.3. The van der Waals surface area contributed by atoms with E-state index in [-0.39, 0.29) is 12.2 Å². The predicted molar refractivity (Wildman–Crippen MR) is 76.5 cm³/mol. The highest BCUT2D eigenvalue weighted by molar-refractivity contribution is 6.31. The fraction of sp³-hybridized carbons (Fsp3) is 0.133.